The van der Waals surface area contributed by atoms with Crippen molar-refractivity contribution in [3.05, 3.63) is 36.0 Å². The first-order chi connectivity index (χ1) is 14.4. The highest BCUT2D eigenvalue weighted by atomic mass is 127. The molecule has 1 atom stereocenters. The molecule has 1 aliphatic rings. The van der Waals surface area contributed by atoms with Crippen LogP contribution >= 0.6 is 24.0 Å². The minimum atomic E-state index is -0.163. The van der Waals surface area contributed by atoms with E-state index >= 15 is 0 Å². The van der Waals surface area contributed by atoms with E-state index in [2.05, 4.69) is 70.5 Å². The summed E-state index contributed by atoms with van der Waals surface area (Å²) < 4.78 is 10.7. The predicted octanol–water partition coefficient (Wildman–Crippen LogP) is 3.72. The van der Waals surface area contributed by atoms with Crippen molar-refractivity contribution in [1.29, 1.82) is 0 Å². The summed E-state index contributed by atoms with van der Waals surface area (Å²) in [5.41, 5.74) is 1.02. The normalized spacial score (nSPS) is 17.1. The topological polar surface area (TPSA) is 87.8 Å². The van der Waals surface area contributed by atoms with Crippen molar-refractivity contribution < 1.29 is 9.26 Å². The Balaban J connectivity index is 0.00000341. The zero-order valence-corrected chi connectivity index (χ0v) is 21.5. The SMILES string of the molecule is CCNC(=NCc1noc(C(C)(C)C)n1)NC1CCCN(c2cccc(OC)c2)C1.I. The molecule has 1 aromatic carbocycles. The Kier molecular flexibility index (Phi) is 9.39. The van der Waals surface area contributed by atoms with Crippen molar-refractivity contribution >= 4 is 35.6 Å². The van der Waals surface area contributed by atoms with Crippen LogP contribution in [0, 0.1) is 0 Å². The van der Waals surface area contributed by atoms with Gasteiger partial charge in [0, 0.05) is 42.8 Å². The molecule has 0 bridgehead atoms. The first-order valence-corrected chi connectivity index (χ1v) is 10.7. The molecule has 8 nitrogen and oxygen atoms in total. The van der Waals surface area contributed by atoms with Crippen molar-refractivity contribution in [2.45, 2.75) is 58.5 Å². The van der Waals surface area contributed by atoms with Gasteiger partial charge in [-0.3, -0.25) is 0 Å². The number of rotatable bonds is 6. The first kappa shape index (κ1) is 25.2. The second-order valence-electron chi connectivity index (χ2n) is 8.59. The number of guanidine groups is 1. The quantitative estimate of drug-likeness (QED) is 0.327. The number of nitrogens with one attached hydrogen (secondary N) is 2. The summed E-state index contributed by atoms with van der Waals surface area (Å²) in [6.07, 6.45) is 2.22. The van der Waals surface area contributed by atoms with E-state index in [0.29, 0.717) is 24.3 Å². The Labute approximate surface area is 202 Å². The van der Waals surface area contributed by atoms with E-state index in [9.17, 15) is 0 Å². The highest BCUT2D eigenvalue weighted by molar-refractivity contribution is 14.0. The zero-order chi connectivity index (χ0) is 21.6. The number of methoxy groups -OCH3 is 1. The van der Waals surface area contributed by atoms with Gasteiger partial charge in [0.25, 0.3) is 0 Å². The third kappa shape index (κ3) is 7.26. The molecule has 2 N–H and O–H groups in total. The summed E-state index contributed by atoms with van der Waals surface area (Å²) in [5.74, 6) is 2.88. The molecular formula is C22H35IN6O2. The van der Waals surface area contributed by atoms with Crippen LogP contribution in [0.2, 0.25) is 0 Å². The fourth-order valence-electron chi connectivity index (χ4n) is 3.42. The average Bonchev–Trinajstić information content (AvgIpc) is 3.22. The molecule has 0 aliphatic carbocycles. The molecule has 3 rings (SSSR count). The number of hydrogen-bond donors (Lipinski definition) is 2. The Morgan fingerprint density at radius 2 is 2.16 bits per heavy atom. The summed E-state index contributed by atoms with van der Waals surface area (Å²) in [6.45, 7) is 11.3. The number of nitrogens with zero attached hydrogens (tertiary/aromatic N) is 4. The van der Waals surface area contributed by atoms with Crippen molar-refractivity contribution in [1.82, 2.24) is 20.8 Å². The van der Waals surface area contributed by atoms with Crippen LogP contribution in [0.15, 0.2) is 33.8 Å². The van der Waals surface area contributed by atoms with Crippen LogP contribution in [0.3, 0.4) is 0 Å². The molecule has 1 aliphatic heterocycles. The maximum absolute atomic E-state index is 5.37. The van der Waals surface area contributed by atoms with E-state index in [4.69, 9.17) is 9.26 Å². The second-order valence-corrected chi connectivity index (χ2v) is 8.59. The summed E-state index contributed by atoms with van der Waals surface area (Å²) in [6, 6.07) is 8.53. The smallest absolute Gasteiger partial charge is 0.232 e. The van der Waals surface area contributed by atoms with Crippen molar-refractivity contribution in [3.8, 4) is 5.75 Å². The monoisotopic (exact) mass is 542 g/mol. The zero-order valence-electron chi connectivity index (χ0n) is 19.1. The van der Waals surface area contributed by atoms with Gasteiger partial charge < -0.3 is 24.8 Å². The van der Waals surface area contributed by atoms with Crippen LogP contribution < -0.4 is 20.3 Å². The van der Waals surface area contributed by atoms with Crippen molar-refractivity contribution in [3.63, 3.8) is 0 Å². The number of anilines is 1. The summed E-state index contributed by atoms with van der Waals surface area (Å²) in [7, 11) is 1.70. The van der Waals surface area contributed by atoms with E-state index in [0.717, 1.165) is 44.2 Å². The van der Waals surface area contributed by atoms with E-state index in [1.165, 1.54) is 5.69 Å². The molecule has 0 spiro atoms. The van der Waals surface area contributed by atoms with Gasteiger partial charge in [0.1, 0.15) is 12.3 Å². The number of halogens is 1. The number of piperidine rings is 1. The molecule has 1 saturated heterocycles. The van der Waals surface area contributed by atoms with Crippen molar-refractivity contribution in [2.24, 2.45) is 4.99 Å². The maximum Gasteiger partial charge on any atom is 0.232 e. The number of hydrogen-bond acceptors (Lipinski definition) is 6. The molecule has 1 fully saturated rings. The standard InChI is InChI=1S/C22H34N6O2.HI/c1-6-23-21(24-14-19-26-20(30-27-19)22(2,3)4)25-16-9-8-12-28(15-16)17-10-7-11-18(13-17)29-5;/h7,10-11,13,16H,6,8-9,12,14-15H2,1-5H3,(H2,23,24,25);1H. The maximum atomic E-state index is 5.37. The fraction of sp³-hybridized carbons (Fsp3) is 0.591. The number of ether oxygens (including phenoxy) is 1. The van der Waals surface area contributed by atoms with Crippen molar-refractivity contribution in [2.75, 3.05) is 31.6 Å². The van der Waals surface area contributed by atoms with Gasteiger partial charge in [0.2, 0.25) is 5.89 Å². The lowest BCUT2D eigenvalue weighted by Gasteiger charge is -2.35. The number of aliphatic imine (C=N–C) groups is 1. The Hall–Kier alpha value is -2.04. The van der Waals surface area contributed by atoms with E-state index in [-0.39, 0.29) is 29.4 Å². The minimum absolute atomic E-state index is 0. The molecule has 2 aromatic rings. The summed E-state index contributed by atoms with van der Waals surface area (Å²) in [4.78, 5) is 11.5. The molecule has 31 heavy (non-hydrogen) atoms. The molecule has 0 saturated carbocycles. The third-order valence-electron chi connectivity index (χ3n) is 5.01. The molecule has 2 heterocycles. The molecule has 1 unspecified atom stereocenters. The summed E-state index contributed by atoms with van der Waals surface area (Å²) >= 11 is 0. The van der Waals surface area contributed by atoms with Gasteiger partial charge in [-0.05, 0) is 31.9 Å². The number of benzene rings is 1. The van der Waals surface area contributed by atoms with Gasteiger partial charge in [-0.2, -0.15) is 4.98 Å². The molecule has 172 valence electrons. The van der Waals surface area contributed by atoms with Crippen LogP contribution in [0.5, 0.6) is 5.75 Å². The lowest BCUT2D eigenvalue weighted by Crippen LogP contribution is -2.51. The predicted molar refractivity (Wildman–Crippen MR) is 135 cm³/mol. The van der Waals surface area contributed by atoms with Crippen LogP contribution in [-0.2, 0) is 12.0 Å². The summed E-state index contributed by atoms with van der Waals surface area (Å²) in [5, 5.41) is 11.0. The van der Waals surface area contributed by atoms with E-state index < -0.39 is 0 Å². The molecular weight excluding hydrogens is 507 g/mol. The largest absolute Gasteiger partial charge is 0.497 e. The molecule has 1 aromatic heterocycles. The Bertz CT molecular complexity index is 849. The average molecular weight is 542 g/mol. The van der Waals surface area contributed by atoms with Gasteiger partial charge in [-0.15, -0.1) is 24.0 Å². The minimum Gasteiger partial charge on any atom is -0.497 e. The van der Waals surface area contributed by atoms with E-state index in [1.807, 2.05) is 12.1 Å². The van der Waals surface area contributed by atoms with Crippen LogP contribution in [0.4, 0.5) is 5.69 Å². The lowest BCUT2D eigenvalue weighted by molar-refractivity contribution is 0.318. The van der Waals surface area contributed by atoms with Gasteiger partial charge in [0.15, 0.2) is 11.8 Å². The molecule has 9 heteroatoms. The van der Waals surface area contributed by atoms with Gasteiger partial charge >= 0.3 is 0 Å². The highest BCUT2D eigenvalue weighted by Crippen LogP contribution is 2.24. The van der Waals surface area contributed by atoms with E-state index in [1.54, 1.807) is 7.11 Å². The fourth-order valence-corrected chi connectivity index (χ4v) is 3.42. The first-order valence-electron chi connectivity index (χ1n) is 10.7. The van der Waals surface area contributed by atoms with Crippen LogP contribution in [-0.4, -0.2) is 48.9 Å². The lowest BCUT2D eigenvalue weighted by atomic mass is 9.97. The van der Waals surface area contributed by atoms with Crippen LogP contribution in [0.1, 0.15) is 52.3 Å². The highest BCUT2D eigenvalue weighted by Gasteiger charge is 2.23. The third-order valence-corrected chi connectivity index (χ3v) is 5.01. The number of aromatic nitrogens is 2. The molecule has 0 amide bonds. The second kappa shape index (κ2) is 11.5. The van der Waals surface area contributed by atoms with Crippen LogP contribution in [0.25, 0.3) is 0 Å². The van der Waals surface area contributed by atoms with Gasteiger partial charge in [0.05, 0.1) is 7.11 Å². The Morgan fingerprint density at radius 3 is 2.84 bits per heavy atom. The Morgan fingerprint density at radius 1 is 1.35 bits per heavy atom. The van der Waals surface area contributed by atoms with Gasteiger partial charge in [-0.1, -0.05) is 32.0 Å². The van der Waals surface area contributed by atoms with Gasteiger partial charge in [-0.25, -0.2) is 4.99 Å². The molecule has 0 radical (unpaired) electrons.